The van der Waals surface area contributed by atoms with Crippen molar-refractivity contribution in [2.75, 3.05) is 19.0 Å². The molecule has 1 aliphatic heterocycles. The summed E-state index contributed by atoms with van der Waals surface area (Å²) in [7, 11) is 1.66. The van der Waals surface area contributed by atoms with E-state index in [4.69, 9.17) is 23.9 Å². The van der Waals surface area contributed by atoms with Crippen LogP contribution in [0.1, 0.15) is 38.3 Å². The van der Waals surface area contributed by atoms with Crippen LogP contribution >= 0.6 is 15.9 Å². The van der Waals surface area contributed by atoms with Crippen LogP contribution in [-0.2, 0) is 27.2 Å². The number of hydrogen-bond acceptors (Lipinski definition) is 7. The van der Waals surface area contributed by atoms with Gasteiger partial charge in [-0.1, -0.05) is 24.3 Å². The van der Waals surface area contributed by atoms with Crippen LogP contribution in [0.4, 0.5) is 10.6 Å². The van der Waals surface area contributed by atoms with E-state index in [-0.39, 0.29) is 18.1 Å². The molecular weight excluding hydrogens is 548 g/mol. The first kappa shape index (κ1) is 26.5. The SMILES string of the molecule is COc1ccc(CNc2nc3cc(CC4OCC5=CC(OC(=O)OC(C)(C)C)CC54)ccc3cc2Br)cc1. The topological polar surface area (TPSA) is 78.9 Å². The monoisotopic (exact) mass is 580 g/mol. The van der Waals surface area contributed by atoms with Crippen LogP contribution in [0, 0.1) is 5.92 Å². The maximum absolute atomic E-state index is 12.1. The predicted molar refractivity (Wildman–Crippen MR) is 151 cm³/mol. The number of benzene rings is 2. The number of rotatable bonds is 7. The van der Waals surface area contributed by atoms with Crippen LogP contribution < -0.4 is 10.1 Å². The summed E-state index contributed by atoms with van der Waals surface area (Å²) in [4.78, 5) is 17.0. The van der Waals surface area contributed by atoms with Crippen LogP contribution in [0.2, 0.25) is 0 Å². The van der Waals surface area contributed by atoms with Crippen molar-refractivity contribution in [2.45, 2.75) is 58.0 Å². The summed E-state index contributed by atoms with van der Waals surface area (Å²) in [6.45, 7) is 6.72. The van der Waals surface area contributed by atoms with Crippen molar-refractivity contribution >= 4 is 38.8 Å². The Hall–Kier alpha value is -3.10. The molecule has 3 aromatic rings. The first-order chi connectivity index (χ1) is 18.2. The Morgan fingerprint density at radius 2 is 1.89 bits per heavy atom. The molecule has 1 fully saturated rings. The number of nitrogens with one attached hydrogen (secondary N) is 1. The van der Waals surface area contributed by atoms with Crippen molar-refractivity contribution in [3.05, 3.63) is 75.8 Å². The maximum atomic E-state index is 12.1. The lowest BCUT2D eigenvalue weighted by molar-refractivity contribution is -0.0221. The summed E-state index contributed by atoms with van der Waals surface area (Å²) in [6.07, 6.45) is 2.65. The molecule has 0 amide bonds. The highest BCUT2D eigenvalue weighted by molar-refractivity contribution is 9.10. The summed E-state index contributed by atoms with van der Waals surface area (Å²) >= 11 is 3.66. The van der Waals surface area contributed by atoms with Crippen molar-refractivity contribution in [3.8, 4) is 5.75 Å². The number of carbonyl (C=O) groups excluding carboxylic acids is 1. The Morgan fingerprint density at radius 1 is 1.13 bits per heavy atom. The van der Waals surface area contributed by atoms with Gasteiger partial charge in [-0.05, 0) is 96.6 Å². The molecular formula is C30H33BrN2O5. The summed E-state index contributed by atoms with van der Waals surface area (Å²) in [6, 6.07) is 16.4. The standard InChI is InChI=1S/C30H33BrN2O5/c1-30(2,3)38-29(34)37-23-13-21-17-36-27(24(21)15-23)12-19-5-8-20-14-25(31)28(33-26(20)11-19)32-16-18-6-9-22(35-4)10-7-18/h5-11,13-14,23-24,27H,12,15-17H2,1-4H3,(H,32,33). The van der Waals surface area contributed by atoms with Gasteiger partial charge in [-0.3, -0.25) is 0 Å². The number of hydrogen-bond donors (Lipinski definition) is 1. The first-order valence-corrected chi connectivity index (χ1v) is 13.6. The van der Waals surface area contributed by atoms with Gasteiger partial charge in [-0.2, -0.15) is 0 Å². The molecule has 0 spiro atoms. The fourth-order valence-electron chi connectivity index (χ4n) is 4.98. The lowest BCUT2D eigenvalue weighted by Crippen LogP contribution is -2.28. The van der Waals surface area contributed by atoms with Gasteiger partial charge < -0.3 is 24.3 Å². The number of anilines is 1. The molecule has 38 heavy (non-hydrogen) atoms. The van der Waals surface area contributed by atoms with Crippen molar-refractivity contribution in [1.82, 2.24) is 4.98 Å². The highest BCUT2D eigenvalue weighted by Gasteiger charge is 2.40. The molecule has 7 nitrogen and oxygen atoms in total. The van der Waals surface area contributed by atoms with Gasteiger partial charge in [-0.25, -0.2) is 9.78 Å². The summed E-state index contributed by atoms with van der Waals surface area (Å²) in [5, 5.41) is 4.50. The molecule has 2 aliphatic rings. The van der Waals surface area contributed by atoms with E-state index in [1.54, 1.807) is 7.11 Å². The summed E-state index contributed by atoms with van der Waals surface area (Å²) in [5.74, 6) is 1.87. The Balaban J connectivity index is 1.23. The number of ether oxygens (including phenoxy) is 4. The molecule has 1 saturated heterocycles. The summed E-state index contributed by atoms with van der Waals surface area (Å²) in [5.41, 5.74) is 3.86. The maximum Gasteiger partial charge on any atom is 0.509 e. The zero-order valence-corrected chi connectivity index (χ0v) is 23.7. The fourth-order valence-corrected chi connectivity index (χ4v) is 5.45. The number of nitrogens with zero attached hydrogens (tertiary/aromatic N) is 1. The van der Waals surface area contributed by atoms with Crippen LogP contribution in [-0.4, -0.2) is 42.7 Å². The second kappa shape index (κ2) is 10.9. The molecule has 5 rings (SSSR count). The highest BCUT2D eigenvalue weighted by atomic mass is 79.9. The molecule has 8 heteroatoms. The molecule has 1 aliphatic carbocycles. The number of halogens is 1. The number of carbonyl (C=O) groups is 1. The Labute approximate surface area is 231 Å². The number of methoxy groups -OCH3 is 1. The van der Waals surface area contributed by atoms with E-state index in [0.717, 1.165) is 50.9 Å². The zero-order chi connectivity index (χ0) is 26.9. The molecule has 3 atom stereocenters. The van der Waals surface area contributed by atoms with E-state index in [1.165, 1.54) is 5.57 Å². The van der Waals surface area contributed by atoms with E-state index in [1.807, 2.05) is 51.1 Å². The normalized spacial score (nSPS) is 20.7. The lowest BCUT2D eigenvalue weighted by atomic mass is 9.92. The van der Waals surface area contributed by atoms with E-state index < -0.39 is 11.8 Å². The smallest absolute Gasteiger partial charge is 0.497 e. The number of fused-ring (bicyclic) bond motifs is 2. The van der Waals surface area contributed by atoms with Crippen molar-refractivity contribution in [1.29, 1.82) is 0 Å². The second-order valence-corrected chi connectivity index (χ2v) is 11.7. The lowest BCUT2D eigenvalue weighted by Gasteiger charge is -2.22. The average molecular weight is 582 g/mol. The zero-order valence-electron chi connectivity index (χ0n) is 22.1. The molecule has 2 heterocycles. The predicted octanol–water partition coefficient (Wildman–Crippen LogP) is 6.83. The largest absolute Gasteiger partial charge is 0.509 e. The second-order valence-electron chi connectivity index (χ2n) is 10.8. The van der Waals surface area contributed by atoms with Gasteiger partial charge in [0.2, 0.25) is 0 Å². The van der Waals surface area contributed by atoms with Crippen LogP contribution in [0.25, 0.3) is 10.9 Å². The molecule has 200 valence electrons. The molecule has 3 unspecified atom stereocenters. The minimum atomic E-state index is -0.625. The molecule has 0 bridgehead atoms. The third kappa shape index (κ3) is 6.30. The van der Waals surface area contributed by atoms with Crippen molar-refractivity contribution in [2.24, 2.45) is 5.92 Å². The Bertz CT molecular complexity index is 1350. The van der Waals surface area contributed by atoms with Gasteiger partial charge in [0.05, 0.1) is 29.8 Å². The van der Waals surface area contributed by atoms with E-state index in [9.17, 15) is 4.79 Å². The minimum absolute atomic E-state index is 0.0362. The number of pyridine rings is 1. The highest BCUT2D eigenvalue weighted by Crippen LogP contribution is 2.39. The van der Waals surface area contributed by atoms with Gasteiger partial charge in [0.1, 0.15) is 23.3 Å². The molecule has 1 N–H and O–H groups in total. The van der Waals surface area contributed by atoms with E-state index in [0.29, 0.717) is 13.2 Å². The minimum Gasteiger partial charge on any atom is -0.497 e. The summed E-state index contributed by atoms with van der Waals surface area (Å²) < 4.78 is 23.1. The van der Waals surface area contributed by atoms with Gasteiger partial charge >= 0.3 is 6.16 Å². The fraction of sp³-hybridized carbons (Fsp3) is 0.400. The molecule has 1 aromatic heterocycles. The molecule has 2 aromatic carbocycles. The third-order valence-corrected chi connectivity index (χ3v) is 7.41. The van der Waals surface area contributed by atoms with Gasteiger partial charge in [0.25, 0.3) is 0 Å². The van der Waals surface area contributed by atoms with Gasteiger partial charge in [0, 0.05) is 17.8 Å². The van der Waals surface area contributed by atoms with Crippen molar-refractivity contribution in [3.63, 3.8) is 0 Å². The Kier molecular flexibility index (Phi) is 7.63. The molecule has 0 radical (unpaired) electrons. The van der Waals surface area contributed by atoms with Crippen LogP contribution in [0.5, 0.6) is 5.75 Å². The van der Waals surface area contributed by atoms with E-state index in [2.05, 4.69) is 45.5 Å². The number of aromatic nitrogens is 1. The average Bonchev–Trinajstić information content (AvgIpc) is 3.42. The van der Waals surface area contributed by atoms with E-state index >= 15 is 0 Å². The molecule has 0 saturated carbocycles. The Morgan fingerprint density at radius 3 is 2.63 bits per heavy atom. The first-order valence-electron chi connectivity index (χ1n) is 12.8. The van der Waals surface area contributed by atoms with Gasteiger partial charge in [0.15, 0.2) is 0 Å². The van der Waals surface area contributed by atoms with Crippen LogP contribution in [0.15, 0.2) is 64.7 Å². The third-order valence-electron chi connectivity index (χ3n) is 6.80. The van der Waals surface area contributed by atoms with Crippen LogP contribution in [0.3, 0.4) is 0 Å². The quantitative estimate of drug-likeness (QED) is 0.242. The van der Waals surface area contributed by atoms with Gasteiger partial charge in [-0.15, -0.1) is 0 Å². The van der Waals surface area contributed by atoms with Crippen molar-refractivity contribution < 1.29 is 23.7 Å².